The van der Waals surface area contributed by atoms with E-state index in [1.54, 1.807) is 6.08 Å². The van der Waals surface area contributed by atoms with E-state index in [-0.39, 0.29) is 17.6 Å². The topological polar surface area (TPSA) is 34.1 Å². The van der Waals surface area contributed by atoms with Crippen LogP contribution in [0.15, 0.2) is 11.6 Å². The molecule has 2 atom stereocenters. The van der Waals surface area contributed by atoms with Gasteiger partial charge < -0.3 is 0 Å². The van der Waals surface area contributed by atoms with Gasteiger partial charge in [-0.1, -0.05) is 26.3 Å². The highest BCUT2D eigenvalue weighted by Crippen LogP contribution is 2.25. The molecule has 0 saturated heterocycles. The minimum Gasteiger partial charge on any atom is -0.299 e. The maximum Gasteiger partial charge on any atom is 0.158 e. The quantitative estimate of drug-likeness (QED) is 0.697. The summed E-state index contributed by atoms with van der Waals surface area (Å²) in [6.07, 6.45) is 4.77. The van der Waals surface area contributed by atoms with E-state index in [1.165, 1.54) is 0 Å². The molecule has 1 aliphatic rings. The largest absolute Gasteiger partial charge is 0.299 e. The van der Waals surface area contributed by atoms with Crippen LogP contribution < -0.4 is 0 Å². The number of carbonyl (C=O) groups is 2. The van der Waals surface area contributed by atoms with Crippen molar-refractivity contribution in [2.75, 3.05) is 0 Å². The number of hydrogen-bond acceptors (Lipinski definition) is 2. The molecule has 0 amide bonds. The number of ketones is 2. The van der Waals surface area contributed by atoms with E-state index in [1.807, 2.05) is 13.8 Å². The third-order valence-electron chi connectivity index (χ3n) is 3.78. The second-order valence-corrected chi connectivity index (χ2v) is 5.69. The second-order valence-electron chi connectivity index (χ2n) is 5.69. The van der Waals surface area contributed by atoms with Crippen LogP contribution in [0.2, 0.25) is 0 Å². The number of carbonyl (C=O) groups excluding carboxylic acids is 2. The van der Waals surface area contributed by atoms with Crippen LogP contribution in [0.25, 0.3) is 0 Å². The molecule has 0 aromatic carbocycles. The molecule has 0 fully saturated rings. The Labute approximate surface area is 104 Å². The third kappa shape index (κ3) is 4.10. The van der Waals surface area contributed by atoms with Crippen LogP contribution in [0, 0.1) is 17.8 Å². The summed E-state index contributed by atoms with van der Waals surface area (Å²) in [6.45, 7) is 8.12. The van der Waals surface area contributed by atoms with Gasteiger partial charge in [0.05, 0.1) is 0 Å². The monoisotopic (exact) mass is 236 g/mol. The van der Waals surface area contributed by atoms with Gasteiger partial charge in [-0.25, -0.2) is 0 Å². The van der Waals surface area contributed by atoms with Gasteiger partial charge in [0.1, 0.15) is 5.78 Å². The first kappa shape index (κ1) is 14.1. The van der Waals surface area contributed by atoms with E-state index < -0.39 is 0 Å². The van der Waals surface area contributed by atoms with Crippen LogP contribution in [0.1, 0.15) is 53.4 Å². The van der Waals surface area contributed by atoms with Crippen LogP contribution in [0.5, 0.6) is 0 Å². The third-order valence-corrected chi connectivity index (χ3v) is 3.78. The lowest BCUT2D eigenvalue weighted by molar-refractivity contribution is -0.124. The molecule has 0 N–H and O–H groups in total. The fourth-order valence-corrected chi connectivity index (χ4v) is 2.38. The van der Waals surface area contributed by atoms with E-state index in [4.69, 9.17) is 0 Å². The van der Waals surface area contributed by atoms with Gasteiger partial charge in [0.2, 0.25) is 0 Å². The Bertz CT molecular complexity index is 326. The summed E-state index contributed by atoms with van der Waals surface area (Å²) in [7, 11) is 0. The van der Waals surface area contributed by atoms with E-state index in [0.29, 0.717) is 18.1 Å². The molecule has 2 unspecified atom stereocenters. The smallest absolute Gasteiger partial charge is 0.158 e. The highest BCUT2D eigenvalue weighted by atomic mass is 16.1. The Morgan fingerprint density at radius 1 is 1.18 bits per heavy atom. The lowest BCUT2D eigenvalue weighted by Crippen LogP contribution is -2.22. The minimum atomic E-state index is 0.0818. The van der Waals surface area contributed by atoms with Gasteiger partial charge in [0, 0.05) is 18.3 Å². The summed E-state index contributed by atoms with van der Waals surface area (Å²) in [4.78, 5) is 23.9. The van der Waals surface area contributed by atoms with Crippen molar-refractivity contribution < 1.29 is 9.59 Å². The highest BCUT2D eigenvalue weighted by Gasteiger charge is 2.24. The molecule has 17 heavy (non-hydrogen) atoms. The Morgan fingerprint density at radius 3 is 2.41 bits per heavy atom. The fourth-order valence-electron chi connectivity index (χ4n) is 2.38. The van der Waals surface area contributed by atoms with Gasteiger partial charge in [-0.15, -0.1) is 0 Å². The van der Waals surface area contributed by atoms with E-state index in [2.05, 4.69) is 13.8 Å². The second kappa shape index (κ2) is 6.13. The van der Waals surface area contributed by atoms with Gasteiger partial charge in [-0.05, 0) is 38.2 Å². The zero-order valence-corrected chi connectivity index (χ0v) is 11.5. The molecule has 0 radical (unpaired) electrons. The minimum absolute atomic E-state index is 0.0818. The number of hydrogen-bond donors (Lipinski definition) is 0. The Balaban J connectivity index is 2.88. The molecule has 2 heteroatoms. The van der Waals surface area contributed by atoms with Crippen molar-refractivity contribution in [2.45, 2.75) is 53.4 Å². The van der Waals surface area contributed by atoms with Crippen molar-refractivity contribution in [1.29, 1.82) is 0 Å². The molecule has 0 bridgehead atoms. The van der Waals surface area contributed by atoms with Crippen molar-refractivity contribution in [3.63, 3.8) is 0 Å². The van der Waals surface area contributed by atoms with Crippen LogP contribution in [-0.4, -0.2) is 11.6 Å². The SMILES string of the molecule is CC1=CC(=O)C(C(C)C)CCC(C)C(=O)CC1. The first-order valence-corrected chi connectivity index (χ1v) is 6.65. The van der Waals surface area contributed by atoms with E-state index in [0.717, 1.165) is 24.8 Å². The Hall–Kier alpha value is -0.920. The molecule has 0 spiro atoms. The number of Topliss-reactive ketones (excluding diaryl/α,β-unsaturated/α-hetero) is 1. The first-order chi connectivity index (χ1) is 7.91. The first-order valence-electron chi connectivity index (χ1n) is 6.65. The summed E-state index contributed by atoms with van der Waals surface area (Å²) in [5.41, 5.74) is 1.04. The van der Waals surface area contributed by atoms with Gasteiger partial charge >= 0.3 is 0 Å². The van der Waals surface area contributed by atoms with Crippen LogP contribution in [0.3, 0.4) is 0 Å². The molecule has 0 aromatic rings. The van der Waals surface area contributed by atoms with Crippen LogP contribution in [0.4, 0.5) is 0 Å². The maximum atomic E-state index is 12.1. The van der Waals surface area contributed by atoms with Gasteiger partial charge in [0.25, 0.3) is 0 Å². The van der Waals surface area contributed by atoms with Crippen LogP contribution in [-0.2, 0) is 9.59 Å². The molecule has 1 aliphatic carbocycles. The molecular formula is C15H24O2. The van der Waals surface area contributed by atoms with E-state index in [9.17, 15) is 9.59 Å². The lowest BCUT2D eigenvalue weighted by atomic mass is 9.82. The molecule has 2 nitrogen and oxygen atoms in total. The predicted molar refractivity (Wildman–Crippen MR) is 69.7 cm³/mol. The average molecular weight is 236 g/mol. The summed E-state index contributed by atoms with van der Waals surface area (Å²) in [6, 6.07) is 0. The molecular weight excluding hydrogens is 212 g/mol. The Kier molecular flexibility index (Phi) is 5.10. The summed E-state index contributed by atoms with van der Waals surface area (Å²) in [5, 5.41) is 0. The predicted octanol–water partition coefficient (Wildman–Crippen LogP) is 3.55. The van der Waals surface area contributed by atoms with Gasteiger partial charge in [-0.3, -0.25) is 9.59 Å². The highest BCUT2D eigenvalue weighted by molar-refractivity contribution is 5.92. The lowest BCUT2D eigenvalue weighted by Gasteiger charge is -2.21. The molecule has 96 valence electrons. The van der Waals surface area contributed by atoms with Gasteiger partial charge in [-0.2, -0.15) is 0 Å². The fraction of sp³-hybridized carbons (Fsp3) is 0.733. The summed E-state index contributed by atoms with van der Waals surface area (Å²) < 4.78 is 0. The zero-order valence-electron chi connectivity index (χ0n) is 11.5. The van der Waals surface area contributed by atoms with Crippen LogP contribution >= 0.6 is 0 Å². The van der Waals surface area contributed by atoms with Crippen molar-refractivity contribution in [3.05, 3.63) is 11.6 Å². The summed E-state index contributed by atoms with van der Waals surface area (Å²) in [5.74, 6) is 1.13. The van der Waals surface area contributed by atoms with Crippen molar-refractivity contribution in [2.24, 2.45) is 17.8 Å². The number of allylic oxidation sites excluding steroid dienone is 2. The van der Waals surface area contributed by atoms with E-state index >= 15 is 0 Å². The van der Waals surface area contributed by atoms with Crippen molar-refractivity contribution in [1.82, 2.24) is 0 Å². The van der Waals surface area contributed by atoms with Gasteiger partial charge in [0.15, 0.2) is 5.78 Å². The average Bonchev–Trinajstić information content (AvgIpc) is 2.24. The molecule has 0 heterocycles. The zero-order chi connectivity index (χ0) is 13.0. The normalized spacial score (nSPS) is 28.2. The molecule has 0 aromatic heterocycles. The molecule has 1 rings (SSSR count). The van der Waals surface area contributed by atoms with Crippen molar-refractivity contribution >= 4 is 11.6 Å². The molecule has 0 aliphatic heterocycles. The van der Waals surface area contributed by atoms with Crippen molar-refractivity contribution in [3.8, 4) is 0 Å². The maximum absolute atomic E-state index is 12.1. The standard InChI is InChI=1S/C15H24O2/c1-10(2)13-7-6-12(4)14(16)8-5-11(3)9-15(13)17/h9-10,12-13H,5-8H2,1-4H3. The number of rotatable bonds is 1. The Morgan fingerprint density at radius 2 is 1.82 bits per heavy atom. The summed E-state index contributed by atoms with van der Waals surface area (Å²) >= 11 is 0. The molecule has 0 saturated carbocycles.